The van der Waals surface area contributed by atoms with Crippen LogP contribution in [0.5, 0.6) is 5.75 Å². The molecule has 3 unspecified atom stereocenters. The van der Waals surface area contributed by atoms with Crippen LogP contribution in [0.3, 0.4) is 0 Å². The number of unbranched alkanes of at least 4 members (excludes halogenated alkanes) is 2. The fourth-order valence-corrected chi connectivity index (χ4v) is 5.09. The fraction of sp³-hybridized carbons (Fsp3) is 0.464. The maximum absolute atomic E-state index is 10.6. The Morgan fingerprint density at radius 3 is 2.23 bits per heavy atom. The molecule has 0 saturated heterocycles. The monoisotopic (exact) mass is 472 g/mol. The summed E-state index contributed by atoms with van der Waals surface area (Å²) in [6.45, 7) is 5.24. The van der Waals surface area contributed by atoms with Crippen molar-refractivity contribution in [1.29, 1.82) is 10.5 Å². The minimum Gasteiger partial charge on any atom is -0.489 e. The topological polar surface area (TPSA) is 114 Å². The number of rotatable bonds is 12. The minimum atomic E-state index is -1.61. The van der Waals surface area contributed by atoms with E-state index >= 15 is 0 Å². The van der Waals surface area contributed by atoms with Gasteiger partial charge in [-0.3, -0.25) is 0 Å². The molecule has 182 valence electrons. The van der Waals surface area contributed by atoms with Gasteiger partial charge in [0.25, 0.3) is 5.91 Å². The largest absolute Gasteiger partial charge is 0.489 e. The van der Waals surface area contributed by atoms with Crippen LogP contribution in [-0.2, 0) is 16.1 Å². The number of nitrogens with zero attached hydrogens (tertiary/aromatic N) is 3. The van der Waals surface area contributed by atoms with Gasteiger partial charge in [0.2, 0.25) is 0 Å². The second-order valence-electron chi connectivity index (χ2n) is 9.10. The smallest absolute Gasteiger partial charge is 0.293 e. The number of hydrogen-bond acceptors (Lipinski definition) is 7. The first-order valence-corrected chi connectivity index (χ1v) is 12.3. The molecule has 2 aromatic carbocycles. The van der Waals surface area contributed by atoms with Crippen molar-refractivity contribution in [2.45, 2.75) is 58.0 Å². The van der Waals surface area contributed by atoms with Crippen LogP contribution in [0.1, 0.15) is 56.6 Å². The van der Waals surface area contributed by atoms with Gasteiger partial charge in [0, 0.05) is 5.92 Å². The predicted octanol–water partition coefficient (Wildman–Crippen LogP) is 5.04. The summed E-state index contributed by atoms with van der Waals surface area (Å²) < 4.78 is 18.4. The lowest BCUT2D eigenvalue weighted by atomic mass is 9.93. The average molecular weight is 473 g/mol. The lowest BCUT2D eigenvalue weighted by molar-refractivity contribution is -0.260. The first kappa shape index (κ1) is 24.7. The molecule has 2 aliphatic rings. The SMILES string of the molecule is CCCCOC1(OCCCC)N=C(N)C2(C#N)C(c3cccc(OCc4ccccc4)c3)C12C#N. The highest BCUT2D eigenvalue weighted by molar-refractivity contribution is 6.00. The summed E-state index contributed by atoms with van der Waals surface area (Å²) in [7, 11) is 0. The van der Waals surface area contributed by atoms with Crippen molar-refractivity contribution in [3.05, 3.63) is 65.7 Å². The summed E-state index contributed by atoms with van der Waals surface area (Å²) in [4.78, 5) is 4.53. The molecule has 3 atom stereocenters. The molecule has 2 aromatic rings. The van der Waals surface area contributed by atoms with Gasteiger partial charge in [-0.05, 0) is 36.1 Å². The number of ether oxygens (including phenoxy) is 3. The zero-order chi connectivity index (χ0) is 24.9. The molecule has 1 saturated carbocycles. The van der Waals surface area contributed by atoms with E-state index in [1.807, 2.05) is 54.6 Å². The number of nitriles is 2. The maximum Gasteiger partial charge on any atom is 0.293 e. The maximum atomic E-state index is 10.6. The number of amidine groups is 1. The standard InChI is InChI=1S/C28H32N4O3/c1-3-5-15-34-28(35-16-6-4-2)27(20-30)24(26(27,19-29)25(31)32-28)22-13-10-14-23(17-22)33-18-21-11-8-7-9-12-21/h7-14,17,24H,3-6,15-16,18H2,1-2H3,(H2,31,32). The Morgan fingerprint density at radius 2 is 1.63 bits per heavy atom. The van der Waals surface area contributed by atoms with E-state index in [2.05, 4.69) is 31.0 Å². The average Bonchev–Trinajstić information content (AvgIpc) is 3.47. The van der Waals surface area contributed by atoms with Crippen molar-refractivity contribution >= 4 is 5.84 Å². The van der Waals surface area contributed by atoms with Gasteiger partial charge in [0.15, 0.2) is 5.41 Å². The third-order valence-electron chi connectivity index (χ3n) is 6.96. The van der Waals surface area contributed by atoms with Crippen LogP contribution in [0.2, 0.25) is 0 Å². The summed E-state index contributed by atoms with van der Waals surface area (Å²) in [5, 5.41) is 20.9. The van der Waals surface area contributed by atoms with Gasteiger partial charge in [0.1, 0.15) is 23.6 Å². The Hall–Kier alpha value is -3.39. The first-order chi connectivity index (χ1) is 17.0. The van der Waals surface area contributed by atoms with E-state index in [1.165, 1.54) is 0 Å². The summed E-state index contributed by atoms with van der Waals surface area (Å²) in [5.41, 5.74) is 5.52. The highest BCUT2D eigenvalue weighted by atomic mass is 16.7. The molecule has 4 rings (SSSR count). The minimum absolute atomic E-state index is 0.0927. The van der Waals surface area contributed by atoms with Gasteiger partial charge in [-0.25, -0.2) is 4.99 Å². The molecule has 1 fully saturated rings. The molecule has 1 heterocycles. The van der Waals surface area contributed by atoms with E-state index in [4.69, 9.17) is 19.9 Å². The third-order valence-corrected chi connectivity index (χ3v) is 6.96. The van der Waals surface area contributed by atoms with Gasteiger partial charge in [0.05, 0.1) is 25.4 Å². The van der Waals surface area contributed by atoms with Gasteiger partial charge in [-0.1, -0.05) is 69.2 Å². The van der Waals surface area contributed by atoms with Crippen LogP contribution in [0, 0.1) is 33.5 Å². The Kier molecular flexibility index (Phi) is 7.12. The Bertz CT molecular complexity index is 1140. The van der Waals surface area contributed by atoms with Crippen molar-refractivity contribution in [3.8, 4) is 17.9 Å². The van der Waals surface area contributed by atoms with Crippen LogP contribution >= 0.6 is 0 Å². The van der Waals surface area contributed by atoms with Gasteiger partial charge < -0.3 is 19.9 Å². The van der Waals surface area contributed by atoms with Crippen LogP contribution in [0.25, 0.3) is 0 Å². The molecule has 1 aliphatic heterocycles. The van der Waals surface area contributed by atoms with E-state index in [9.17, 15) is 10.5 Å². The van der Waals surface area contributed by atoms with Crippen molar-refractivity contribution in [2.75, 3.05) is 13.2 Å². The third kappa shape index (κ3) is 3.86. The van der Waals surface area contributed by atoms with E-state index in [0.29, 0.717) is 25.6 Å². The van der Waals surface area contributed by atoms with E-state index in [1.54, 1.807) is 0 Å². The molecule has 0 bridgehead atoms. The molecule has 7 heteroatoms. The molecular formula is C28H32N4O3. The normalized spacial score (nSPS) is 25.7. The fourth-order valence-electron chi connectivity index (χ4n) is 5.09. The Balaban J connectivity index is 1.69. The van der Waals surface area contributed by atoms with Crippen molar-refractivity contribution in [3.63, 3.8) is 0 Å². The van der Waals surface area contributed by atoms with Crippen LogP contribution < -0.4 is 10.5 Å². The quantitative estimate of drug-likeness (QED) is 0.342. The molecule has 1 aliphatic carbocycles. The van der Waals surface area contributed by atoms with Crippen molar-refractivity contribution in [1.82, 2.24) is 0 Å². The summed E-state index contributed by atoms with van der Waals surface area (Å²) in [6.07, 6.45) is 3.39. The Labute approximate surface area is 207 Å². The summed E-state index contributed by atoms with van der Waals surface area (Å²) in [6, 6.07) is 22.1. The van der Waals surface area contributed by atoms with E-state index in [-0.39, 0.29) is 5.84 Å². The van der Waals surface area contributed by atoms with Crippen molar-refractivity contribution < 1.29 is 14.2 Å². The van der Waals surface area contributed by atoms with E-state index in [0.717, 1.165) is 36.8 Å². The van der Waals surface area contributed by atoms with Gasteiger partial charge in [-0.2, -0.15) is 10.5 Å². The van der Waals surface area contributed by atoms with Crippen LogP contribution in [0.4, 0.5) is 0 Å². The number of hydrogen-bond donors (Lipinski definition) is 1. The number of fused-ring (bicyclic) bond motifs is 1. The van der Waals surface area contributed by atoms with E-state index < -0.39 is 22.7 Å². The highest BCUT2D eigenvalue weighted by Crippen LogP contribution is 2.82. The molecule has 35 heavy (non-hydrogen) atoms. The lowest BCUT2D eigenvalue weighted by Gasteiger charge is -2.32. The zero-order valence-electron chi connectivity index (χ0n) is 20.4. The molecule has 0 radical (unpaired) electrons. The molecule has 0 spiro atoms. The van der Waals surface area contributed by atoms with Crippen LogP contribution in [0.15, 0.2) is 59.6 Å². The van der Waals surface area contributed by atoms with Gasteiger partial charge >= 0.3 is 0 Å². The molecule has 0 amide bonds. The number of nitrogens with two attached hydrogens (primary N) is 1. The summed E-state index contributed by atoms with van der Waals surface area (Å²) >= 11 is 0. The second-order valence-corrected chi connectivity index (χ2v) is 9.10. The molecule has 7 nitrogen and oxygen atoms in total. The lowest BCUT2D eigenvalue weighted by Crippen LogP contribution is -2.44. The van der Waals surface area contributed by atoms with Gasteiger partial charge in [-0.15, -0.1) is 0 Å². The molecule has 2 N–H and O–H groups in total. The highest BCUT2D eigenvalue weighted by Gasteiger charge is 2.93. The van der Waals surface area contributed by atoms with Crippen molar-refractivity contribution in [2.24, 2.45) is 21.6 Å². The first-order valence-electron chi connectivity index (χ1n) is 12.3. The number of aliphatic imine (C=N–C) groups is 1. The molecular weight excluding hydrogens is 440 g/mol. The summed E-state index contributed by atoms with van der Waals surface area (Å²) in [5.74, 6) is -1.42. The predicted molar refractivity (Wildman–Crippen MR) is 132 cm³/mol. The van der Waals surface area contributed by atoms with Crippen LogP contribution in [-0.4, -0.2) is 25.0 Å². The molecule has 0 aromatic heterocycles. The number of benzene rings is 2. The Morgan fingerprint density at radius 1 is 0.943 bits per heavy atom. The zero-order valence-corrected chi connectivity index (χ0v) is 20.4. The second kappa shape index (κ2) is 10.1.